The van der Waals surface area contributed by atoms with E-state index in [2.05, 4.69) is 14.7 Å². The zero-order valence-electron chi connectivity index (χ0n) is 17.4. The maximum Gasteiger partial charge on any atom is 0.410 e. The monoisotopic (exact) mass is 439 g/mol. The van der Waals surface area contributed by atoms with Gasteiger partial charge in [-0.25, -0.2) is 27.9 Å². The highest BCUT2D eigenvalue weighted by atomic mass is 32.2. The Kier molecular flexibility index (Phi) is 5.75. The van der Waals surface area contributed by atoms with E-state index in [9.17, 15) is 13.2 Å². The van der Waals surface area contributed by atoms with Gasteiger partial charge in [0, 0.05) is 26.2 Å². The zero-order chi connectivity index (χ0) is 21.4. The SMILES string of the molecule is CC1(OC(=O)N2CCC(COc3cnc(N4CC(NS(C)(=O)=O)C4)cn3)CC2)CC1. The van der Waals surface area contributed by atoms with E-state index in [0.29, 0.717) is 50.4 Å². The van der Waals surface area contributed by atoms with E-state index in [1.807, 2.05) is 11.8 Å². The summed E-state index contributed by atoms with van der Waals surface area (Å²) in [5.74, 6) is 1.53. The average molecular weight is 440 g/mol. The van der Waals surface area contributed by atoms with Crippen molar-refractivity contribution in [2.24, 2.45) is 5.92 Å². The number of anilines is 1. The topological polar surface area (TPSA) is 114 Å². The van der Waals surface area contributed by atoms with Crippen LogP contribution >= 0.6 is 0 Å². The van der Waals surface area contributed by atoms with Gasteiger partial charge < -0.3 is 19.3 Å². The fraction of sp³-hybridized carbons (Fsp3) is 0.737. The first-order chi connectivity index (χ1) is 14.2. The third-order valence-electron chi connectivity index (χ3n) is 5.83. The van der Waals surface area contributed by atoms with Gasteiger partial charge in [0.2, 0.25) is 15.9 Å². The van der Waals surface area contributed by atoms with Gasteiger partial charge in [-0.1, -0.05) is 0 Å². The van der Waals surface area contributed by atoms with Crippen LogP contribution in [-0.2, 0) is 14.8 Å². The Bertz CT molecular complexity index is 860. The Labute approximate surface area is 177 Å². The Balaban J connectivity index is 1.16. The third-order valence-corrected chi connectivity index (χ3v) is 6.59. The van der Waals surface area contributed by atoms with Crippen LogP contribution < -0.4 is 14.4 Å². The molecule has 1 aromatic rings. The van der Waals surface area contributed by atoms with Crippen LogP contribution in [0.25, 0.3) is 0 Å². The van der Waals surface area contributed by atoms with Gasteiger partial charge in [0.05, 0.1) is 31.3 Å². The Morgan fingerprint density at radius 1 is 1.23 bits per heavy atom. The van der Waals surface area contributed by atoms with Crippen molar-refractivity contribution in [2.45, 2.75) is 44.2 Å². The van der Waals surface area contributed by atoms with Crippen molar-refractivity contribution in [3.05, 3.63) is 12.4 Å². The van der Waals surface area contributed by atoms with E-state index < -0.39 is 10.0 Å². The molecule has 1 aliphatic carbocycles. The van der Waals surface area contributed by atoms with Gasteiger partial charge in [-0.2, -0.15) is 0 Å². The molecule has 0 unspecified atom stereocenters. The number of carbonyl (C=O) groups excluding carboxylic acids is 1. The van der Waals surface area contributed by atoms with Crippen LogP contribution in [0.1, 0.15) is 32.6 Å². The first-order valence-electron chi connectivity index (χ1n) is 10.3. The number of carbonyl (C=O) groups is 1. The molecule has 1 N–H and O–H groups in total. The lowest BCUT2D eigenvalue weighted by atomic mass is 9.98. The predicted molar refractivity (Wildman–Crippen MR) is 110 cm³/mol. The highest BCUT2D eigenvalue weighted by molar-refractivity contribution is 7.88. The summed E-state index contributed by atoms with van der Waals surface area (Å²) in [6, 6.07) is -0.0898. The molecule has 1 amide bonds. The molecule has 0 radical (unpaired) electrons. The zero-order valence-corrected chi connectivity index (χ0v) is 18.2. The average Bonchev–Trinajstić information content (AvgIpc) is 3.39. The Hall–Kier alpha value is -2.14. The molecule has 166 valence electrons. The van der Waals surface area contributed by atoms with Gasteiger partial charge in [-0.05, 0) is 38.5 Å². The number of ether oxygens (including phenoxy) is 2. The molecular weight excluding hydrogens is 410 g/mol. The minimum Gasteiger partial charge on any atom is -0.476 e. The lowest BCUT2D eigenvalue weighted by Crippen LogP contribution is -2.59. The number of piperidine rings is 1. The largest absolute Gasteiger partial charge is 0.476 e. The van der Waals surface area contributed by atoms with Crippen LogP contribution in [0.2, 0.25) is 0 Å². The number of sulfonamides is 1. The van der Waals surface area contributed by atoms with E-state index in [-0.39, 0.29) is 17.7 Å². The van der Waals surface area contributed by atoms with E-state index in [4.69, 9.17) is 9.47 Å². The molecule has 4 rings (SSSR count). The quantitative estimate of drug-likeness (QED) is 0.669. The second-order valence-corrected chi connectivity index (χ2v) is 10.5. The van der Waals surface area contributed by atoms with E-state index >= 15 is 0 Å². The van der Waals surface area contributed by atoms with Gasteiger partial charge in [-0.15, -0.1) is 0 Å². The summed E-state index contributed by atoms with van der Waals surface area (Å²) in [6.07, 6.45) is 7.86. The Morgan fingerprint density at radius 3 is 2.50 bits per heavy atom. The van der Waals surface area contributed by atoms with Gasteiger partial charge in [0.1, 0.15) is 11.4 Å². The smallest absolute Gasteiger partial charge is 0.410 e. The van der Waals surface area contributed by atoms with Gasteiger partial charge in [-0.3, -0.25) is 0 Å². The second kappa shape index (κ2) is 8.18. The molecule has 0 spiro atoms. The molecule has 10 nitrogen and oxygen atoms in total. The van der Waals surface area contributed by atoms with Gasteiger partial charge in [0.15, 0.2) is 0 Å². The number of nitrogens with zero attached hydrogens (tertiary/aromatic N) is 4. The summed E-state index contributed by atoms with van der Waals surface area (Å²) < 4.78 is 36.4. The molecule has 1 saturated carbocycles. The number of hydrogen-bond donors (Lipinski definition) is 1. The summed E-state index contributed by atoms with van der Waals surface area (Å²) in [5.41, 5.74) is -0.233. The Morgan fingerprint density at radius 2 is 1.93 bits per heavy atom. The molecule has 0 aromatic carbocycles. The second-order valence-electron chi connectivity index (χ2n) is 8.76. The summed E-state index contributed by atoms with van der Waals surface area (Å²) in [6.45, 7) is 5.03. The lowest BCUT2D eigenvalue weighted by molar-refractivity contribution is 0.0454. The van der Waals surface area contributed by atoms with Gasteiger partial charge >= 0.3 is 6.09 Å². The van der Waals surface area contributed by atoms with Crippen molar-refractivity contribution in [1.82, 2.24) is 19.6 Å². The van der Waals surface area contributed by atoms with E-state index in [0.717, 1.165) is 31.9 Å². The summed E-state index contributed by atoms with van der Waals surface area (Å²) >= 11 is 0. The number of nitrogens with one attached hydrogen (secondary N) is 1. The fourth-order valence-corrected chi connectivity index (χ4v) is 4.38. The predicted octanol–water partition coefficient (Wildman–Crippen LogP) is 0.994. The summed E-state index contributed by atoms with van der Waals surface area (Å²) in [4.78, 5) is 24.6. The van der Waals surface area contributed by atoms with Crippen LogP contribution in [0.3, 0.4) is 0 Å². The number of amides is 1. The van der Waals surface area contributed by atoms with Crippen molar-refractivity contribution in [2.75, 3.05) is 43.9 Å². The van der Waals surface area contributed by atoms with Crippen LogP contribution in [0.15, 0.2) is 12.4 Å². The molecule has 2 aliphatic heterocycles. The number of likely N-dealkylation sites (tertiary alicyclic amines) is 1. The standard InChI is InChI=1S/C19H29N5O5S/c1-19(5-6-19)29-18(25)23-7-3-14(4-8-23)13-28-17-10-20-16(9-21-17)24-11-15(12-24)22-30(2,26)27/h9-10,14-15,22H,3-8,11-13H2,1-2H3. The number of aromatic nitrogens is 2. The molecular formula is C19H29N5O5S. The first-order valence-corrected chi connectivity index (χ1v) is 12.2. The molecule has 11 heteroatoms. The van der Waals surface area contributed by atoms with E-state index in [1.54, 1.807) is 17.3 Å². The lowest BCUT2D eigenvalue weighted by Gasteiger charge is -2.39. The van der Waals surface area contributed by atoms with Crippen LogP contribution in [0.5, 0.6) is 5.88 Å². The van der Waals surface area contributed by atoms with Crippen molar-refractivity contribution >= 4 is 21.9 Å². The number of rotatable bonds is 7. The van der Waals surface area contributed by atoms with Crippen molar-refractivity contribution in [3.63, 3.8) is 0 Å². The number of hydrogen-bond acceptors (Lipinski definition) is 8. The molecule has 1 aromatic heterocycles. The van der Waals surface area contributed by atoms with Crippen LogP contribution in [0, 0.1) is 5.92 Å². The summed E-state index contributed by atoms with van der Waals surface area (Å²) in [7, 11) is -3.19. The van der Waals surface area contributed by atoms with Crippen molar-refractivity contribution < 1.29 is 22.7 Å². The van der Waals surface area contributed by atoms with E-state index in [1.165, 1.54) is 0 Å². The van der Waals surface area contributed by atoms with Crippen molar-refractivity contribution in [1.29, 1.82) is 0 Å². The third kappa shape index (κ3) is 5.51. The normalized spacial score (nSPS) is 21.8. The van der Waals surface area contributed by atoms with Crippen LogP contribution in [0.4, 0.5) is 10.6 Å². The first kappa shape index (κ1) is 21.1. The molecule has 3 fully saturated rings. The molecule has 30 heavy (non-hydrogen) atoms. The minimum atomic E-state index is -3.19. The highest BCUT2D eigenvalue weighted by Gasteiger charge is 2.43. The van der Waals surface area contributed by atoms with Crippen molar-refractivity contribution in [3.8, 4) is 5.88 Å². The summed E-state index contributed by atoms with van der Waals surface area (Å²) in [5, 5.41) is 0. The molecule has 0 atom stereocenters. The molecule has 3 aliphatic rings. The maximum absolute atomic E-state index is 12.2. The van der Waals surface area contributed by atoms with Crippen LogP contribution in [-0.4, -0.2) is 80.1 Å². The minimum absolute atomic E-state index is 0.0898. The fourth-order valence-electron chi connectivity index (χ4n) is 3.63. The van der Waals surface area contributed by atoms with Gasteiger partial charge in [0.25, 0.3) is 0 Å². The molecule has 3 heterocycles. The highest BCUT2D eigenvalue weighted by Crippen LogP contribution is 2.39. The maximum atomic E-state index is 12.2. The molecule has 0 bridgehead atoms. The molecule has 2 saturated heterocycles.